The van der Waals surface area contributed by atoms with Gasteiger partial charge in [0.15, 0.2) is 11.5 Å². The highest BCUT2D eigenvalue weighted by Gasteiger charge is 2.17. The van der Waals surface area contributed by atoms with Gasteiger partial charge in [-0.1, -0.05) is 19.9 Å². The number of fused-ring (bicyclic) bond motifs is 1. The topological polar surface area (TPSA) is 30.5 Å². The Hall–Kier alpha value is -1.22. The first kappa shape index (κ1) is 12.2. The van der Waals surface area contributed by atoms with E-state index in [4.69, 9.17) is 9.47 Å². The molecule has 17 heavy (non-hydrogen) atoms. The molecule has 0 aliphatic carbocycles. The lowest BCUT2D eigenvalue weighted by Crippen LogP contribution is -2.24. The molecule has 0 unspecified atom stereocenters. The molecule has 0 atom stereocenters. The standard InChI is InChI=1S/C14H21NO2/c1-10(2)9-17-13-5-4-11-8-15-7-6-12(11)14(13)16-3/h4-5,10,15H,6-9H2,1-3H3. The molecule has 0 amide bonds. The summed E-state index contributed by atoms with van der Waals surface area (Å²) in [6.07, 6.45) is 1.01. The zero-order valence-corrected chi connectivity index (χ0v) is 10.9. The van der Waals surface area contributed by atoms with Crippen molar-refractivity contribution in [3.8, 4) is 11.5 Å². The first-order chi connectivity index (χ1) is 8.22. The quantitative estimate of drug-likeness (QED) is 0.869. The van der Waals surface area contributed by atoms with Crippen molar-refractivity contribution in [3.05, 3.63) is 23.3 Å². The van der Waals surface area contributed by atoms with Crippen LogP contribution in [0.3, 0.4) is 0 Å². The highest BCUT2D eigenvalue weighted by atomic mass is 16.5. The fourth-order valence-electron chi connectivity index (χ4n) is 2.12. The third kappa shape index (κ3) is 2.72. The lowest BCUT2D eigenvalue weighted by atomic mass is 9.99. The van der Waals surface area contributed by atoms with Gasteiger partial charge in [0.2, 0.25) is 0 Å². The highest BCUT2D eigenvalue weighted by Crippen LogP contribution is 2.35. The molecule has 1 heterocycles. The van der Waals surface area contributed by atoms with Gasteiger partial charge in [0.05, 0.1) is 13.7 Å². The van der Waals surface area contributed by atoms with Gasteiger partial charge in [0.25, 0.3) is 0 Å². The molecule has 1 aliphatic heterocycles. The minimum Gasteiger partial charge on any atom is -0.493 e. The van der Waals surface area contributed by atoms with E-state index in [1.807, 2.05) is 6.07 Å². The van der Waals surface area contributed by atoms with Crippen LogP contribution in [-0.4, -0.2) is 20.3 Å². The Balaban J connectivity index is 2.26. The van der Waals surface area contributed by atoms with Crippen LogP contribution in [0.4, 0.5) is 0 Å². The summed E-state index contributed by atoms with van der Waals surface area (Å²) in [6, 6.07) is 4.16. The molecule has 1 aromatic carbocycles. The minimum atomic E-state index is 0.525. The van der Waals surface area contributed by atoms with Crippen molar-refractivity contribution >= 4 is 0 Å². The van der Waals surface area contributed by atoms with Crippen LogP contribution in [0.15, 0.2) is 12.1 Å². The van der Waals surface area contributed by atoms with Gasteiger partial charge in [0, 0.05) is 12.1 Å². The van der Waals surface area contributed by atoms with Gasteiger partial charge in [-0.15, -0.1) is 0 Å². The van der Waals surface area contributed by atoms with E-state index < -0.39 is 0 Å². The van der Waals surface area contributed by atoms with E-state index in [0.717, 1.165) is 37.6 Å². The Morgan fingerprint density at radius 3 is 2.88 bits per heavy atom. The van der Waals surface area contributed by atoms with E-state index in [2.05, 4.69) is 25.2 Å². The van der Waals surface area contributed by atoms with Crippen LogP contribution in [0.2, 0.25) is 0 Å². The van der Waals surface area contributed by atoms with Crippen LogP contribution in [0.25, 0.3) is 0 Å². The molecule has 0 saturated carbocycles. The van der Waals surface area contributed by atoms with Gasteiger partial charge in [-0.25, -0.2) is 0 Å². The molecule has 0 spiro atoms. The zero-order valence-electron chi connectivity index (χ0n) is 10.9. The van der Waals surface area contributed by atoms with Crippen molar-refractivity contribution in [1.82, 2.24) is 5.32 Å². The number of methoxy groups -OCH3 is 1. The Labute approximate surface area is 103 Å². The molecule has 1 aliphatic rings. The highest BCUT2D eigenvalue weighted by molar-refractivity contribution is 5.51. The molecule has 0 aromatic heterocycles. The second-order valence-electron chi connectivity index (χ2n) is 4.87. The molecule has 0 bridgehead atoms. The number of hydrogen-bond acceptors (Lipinski definition) is 3. The molecule has 1 aromatic rings. The maximum absolute atomic E-state index is 5.81. The lowest BCUT2D eigenvalue weighted by molar-refractivity contribution is 0.255. The maximum Gasteiger partial charge on any atom is 0.164 e. The SMILES string of the molecule is COc1c(OCC(C)C)ccc2c1CCNC2. The average molecular weight is 235 g/mol. The van der Waals surface area contributed by atoms with Crippen LogP contribution < -0.4 is 14.8 Å². The largest absolute Gasteiger partial charge is 0.493 e. The molecule has 0 fully saturated rings. The summed E-state index contributed by atoms with van der Waals surface area (Å²) in [5.74, 6) is 2.32. The van der Waals surface area contributed by atoms with Gasteiger partial charge < -0.3 is 14.8 Å². The molecule has 2 rings (SSSR count). The van der Waals surface area contributed by atoms with E-state index in [9.17, 15) is 0 Å². The predicted molar refractivity (Wildman–Crippen MR) is 68.7 cm³/mol. The van der Waals surface area contributed by atoms with Crippen LogP contribution in [0, 0.1) is 5.92 Å². The number of benzene rings is 1. The normalized spacial score (nSPS) is 14.6. The summed E-state index contributed by atoms with van der Waals surface area (Å²) in [5.41, 5.74) is 2.62. The smallest absolute Gasteiger partial charge is 0.164 e. The zero-order chi connectivity index (χ0) is 12.3. The third-order valence-electron chi connectivity index (χ3n) is 2.96. The van der Waals surface area contributed by atoms with Crippen molar-refractivity contribution < 1.29 is 9.47 Å². The van der Waals surface area contributed by atoms with Crippen LogP contribution in [0.1, 0.15) is 25.0 Å². The molecule has 0 saturated heterocycles. The molecule has 94 valence electrons. The van der Waals surface area contributed by atoms with Crippen LogP contribution >= 0.6 is 0 Å². The Morgan fingerprint density at radius 2 is 2.18 bits per heavy atom. The van der Waals surface area contributed by atoms with E-state index in [1.165, 1.54) is 11.1 Å². The van der Waals surface area contributed by atoms with Crippen molar-refractivity contribution in [2.45, 2.75) is 26.8 Å². The molecule has 1 N–H and O–H groups in total. The second-order valence-corrected chi connectivity index (χ2v) is 4.87. The number of rotatable bonds is 4. The van der Waals surface area contributed by atoms with Gasteiger partial charge >= 0.3 is 0 Å². The van der Waals surface area contributed by atoms with Gasteiger partial charge in [-0.3, -0.25) is 0 Å². The lowest BCUT2D eigenvalue weighted by Gasteiger charge is -2.22. The van der Waals surface area contributed by atoms with E-state index in [0.29, 0.717) is 5.92 Å². The van der Waals surface area contributed by atoms with Crippen molar-refractivity contribution in [2.75, 3.05) is 20.3 Å². The van der Waals surface area contributed by atoms with Crippen molar-refractivity contribution in [2.24, 2.45) is 5.92 Å². The summed E-state index contributed by atoms with van der Waals surface area (Å²) in [7, 11) is 1.72. The Kier molecular flexibility index (Phi) is 3.89. The number of ether oxygens (including phenoxy) is 2. The second kappa shape index (κ2) is 5.41. The molecule has 0 radical (unpaired) electrons. The predicted octanol–water partition coefficient (Wildman–Crippen LogP) is 2.38. The van der Waals surface area contributed by atoms with Gasteiger partial charge in [0.1, 0.15) is 0 Å². The molecule has 3 nitrogen and oxygen atoms in total. The number of hydrogen-bond donors (Lipinski definition) is 1. The number of nitrogens with one attached hydrogen (secondary N) is 1. The van der Waals surface area contributed by atoms with E-state index in [-0.39, 0.29) is 0 Å². The van der Waals surface area contributed by atoms with Gasteiger partial charge in [-0.2, -0.15) is 0 Å². The van der Waals surface area contributed by atoms with Crippen LogP contribution in [-0.2, 0) is 13.0 Å². The first-order valence-electron chi connectivity index (χ1n) is 6.24. The molecular formula is C14H21NO2. The van der Waals surface area contributed by atoms with Crippen molar-refractivity contribution in [3.63, 3.8) is 0 Å². The fraction of sp³-hybridized carbons (Fsp3) is 0.571. The average Bonchev–Trinajstić information content (AvgIpc) is 2.35. The fourth-order valence-corrected chi connectivity index (χ4v) is 2.12. The summed E-state index contributed by atoms with van der Waals surface area (Å²) >= 11 is 0. The molecule has 3 heteroatoms. The Morgan fingerprint density at radius 1 is 1.35 bits per heavy atom. The minimum absolute atomic E-state index is 0.525. The van der Waals surface area contributed by atoms with Gasteiger partial charge in [-0.05, 0) is 30.5 Å². The Bertz CT molecular complexity index is 388. The summed E-state index contributed by atoms with van der Waals surface area (Å²) in [6.45, 7) is 6.96. The first-order valence-corrected chi connectivity index (χ1v) is 6.24. The van der Waals surface area contributed by atoms with E-state index in [1.54, 1.807) is 7.11 Å². The monoisotopic (exact) mass is 235 g/mol. The van der Waals surface area contributed by atoms with E-state index >= 15 is 0 Å². The summed E-state index contributed by atoms with van der Waals surface area (Å²) < 4.78 is 11.3. The van der Waals surface area contributed by atoms with Crippen LogP contribution in [0.5, 0.6) is 11.5 Å². The molecular weight excluding hydrogens is 214 g/mol. The summed E-state index contributed by atoms with van der Waals surface area (Å²) in [4.78, 5) is 0. The third-order valence-corrected chi connectivity index (χ3v) is 2.96. The van der Waals surface area contributed by atoms with Crippen molar-refractivity contribution in [1.29, 1.82) is 0 Å². The maximum atomic E-state index is 5.81. The summed E-state index contributed by atoms with van der Waals surface area (Å²) in [5, 5.41) is 3.37.